The van der Waals surface area contributed by atoms with Crippen LogP contribution in [-0.2, 0) is 6.42 Å². The normalized spacial score (nSPS) is 14.3. The minimum atomic E-state index is 0.516. The van der Waals surface area contributed by atoms with Gasteiger partial charge in [-0.25, -0.2) is 4.98 Å². The van der Waals surface area contributed by atoms with E-state index in [1.807, 2.05) is 18.2 Å². The van der Waals surface area contributed by atoms with E-state index < -0.39 is 0 Å². The predicted molar refractivity (Wildman–Crippen MR) is 99.7 cm³/mol. The molecule has 0 unspecified atom stereocenters. The Labute approximate surface area is 149 Å². The molecule has 1 aromatic carbocycles. The van der Waals surface area contributed by atoms with Crippen LogP contribution in [0, 0.1) is 0 Å². The molecule has 134 valence electrons. The molecule has 25 heavy (non-hydrogen) atoms. The van der Waals surface area contributed by atoms with Crippen LogP contribution in [0.1, 0.15) is 31.2 Å². The molecule has 1 aliphatic rings. The molecule has 0 atom stereocenters. The smallest absolute Gasteiger partial charge is 0.224 e. The van der Waals surface area contributed by atoms with Crippen molar-refractivity contribution >= 4 is 11.8 Å². The Morgan fingerprint density at radius 2 is 1.88 bits per heavy atom. The van der Waals surface area contributed by atoms with Gasteiger partial charge in [-0.3, -0.25) is 0 Å². The number of nitrogens with one attached hydrogen (secondary N) is 2. The van der Waals surface area contributed by atoms with E-state index in [1.165, 1.54) is 31.2 Å². The Morgan fingerprint density at radius 3 is 2.64 bits per heavy atom. The summed E-state index contributed by atoms with van der Waals surface area (Å²) in [5.74, 6) is 3.06. The van der Waals surface area contributed by atoms with Crippen LogP contribution >= 0.6 is 0 Å². The second kappa shape index (κ2) is 8.55. The number of nitrogens with zero attached hydrogens (tertiary/aromatic N) is 2. The van der Waals surface area contributed by atoms with E-state index in [0.29, 0.717) is 12.0 Å². The molecule has 0 aliphatic heterocycles. The lowest BCUT2D eigenvalue weighted by Gasteiger charge is -2.13. The van der Waals surface area contributed by atoms with Crippen LogP contribution in [0.2, 0.25) is 0 Å². The number of aromatic nitrogens is 2. The Bertz CT molecular complexity index is 687. The second-order valence-corrected chi connectivity index (χ2v) is 6.26. The molecule has 0 bridgehead atoms. The molecule has 1 saturated carbocycles. The topological polar surface area (TPSA) is 68.3 Å². The van der Waals surface area contributed by atoms with Crippen LogP contribution in [-0.4, -0.2) is 36.8 Å². The summed E-state index contributed by atoms with van der Waals surface area (Å²) < 4.78 is 10.6. The Kier molecular flexibility index (Phi) is 5.93. The van der Waals surface area contributed by atoms with Gasteiger partial charge < -0.3 is 20.1 Å². The van der Waals surface area contributed by atoms with Gasteiger partial charge in [-0.1, -0.05) is 18.9 Å². The van der Waals surface area contributed by atoms with Gasteiger partial charge in [-0.15, -0.1) is 0 Å². The summed E-state index contributed by atoms with van der Waals surface area (Å²) >= 11 is 0. The third-order valence-electron chi connectivity index (χ3n) is 4.51. The summed E-state index contributed by atoms with van der Waals surface area (Å²) in [5, 5.41) is 6.79. The summed E-state index contributed by atoms with van der Waals surface area (Å²) in [6.07, 6.45) is 7.67. The number of hydrogen-bond acceptors (Lipinski definition) is 6. The number of ether oxygens (including phenoxy) is 2. The SMILES string of the molecule is COc1ccc(CCNc2ccnc(NC3CCCC3)n2)cc1OC. The van der Waals surface area contributed by atoms with Crippen LogP contribution in [0.3, 0.4) is 0 Å². The summed E-state index contributed by atoms with van der Waals surface area (Å²) in [5.41, 5.74) is 1.18. The van der Waals surface area contributed by atoms with Crippen molar-refractivity contribution < 1.29 is 9.47 Å². The van der Waals surface area contributed by atoms with Crippen molar-refractivity contribution in [2.45, 2.75) is 38.1 Å². The van der Waals surface area contributed by atoms with Gasteiger partial charge in [0.25, 0.3) is 0 Å². The highest BCUT2D eigenvalue weighted by molar-refractivity contribution is 5.44. The monoisotopic (exact) mass is 342 g/mol. The molecule has 2 aromatic rings. The van der Waals surface area contributed by atoms with E-state index >= 15 is 0 Å². The molecule has 1 aliphatic carbocycles. The van der Waals surface area contributed by atoms with Gasteiger partial charge in [-0.05, 0) is 43.0 Å². The van der Waals surface area contributed by atoms with Crippen LogP contribution in [0.4, 0.5) is 11.8 Å². The summed E-state index contributed by atoms with van der Waals surface area (Å²) in [7, 11) is 3.30. The lowest BCUT2D eigenvalue weighted by molar-refractivity contribution is 0.354. The Morgan fingerprint density at radius 1 is 1.08 bits per heavy atom. The fourth-order valence-corrected chi connectivity index (χ4v) is 3.15. The minimum Gasteiger partial charge on any atom is -0.493 e. The van der Waals surface area contributed by atoms with Crippen molar-refractivity contribution in [3.63, 3.8) is 0 Å². The van der Waals surface area contributed by atoms with E-state index in [9.17, 15) is 0 Å². The zero-order chi connectivity index (χ0) is 17.5. The highest BCUT2D eigenvalue weighted by atomic mass is 16.5. The van der Waals surface area contributed by atoms with E-state index in [4.69, 9.17) is 9.47 Å². The average molecular weight is 342 g/mol. The molecule has 1 heterocycles. The standard InChI is InChI=1S/C19H26N4O2/c1-24-16-8-7-14(13-17(16)25-2)9-11-20-18-10-12-21-19(23-18)22-15-5-3-4-6-15/h7-8,10,12-13,15H,3-6,9,11H2,1-2H3,(H2,20,21,22,23). The molecule has 0 amide bonds. The van der Waals surface area contributed by atoms with Crippen molar-refractivity contribution in [2.75, 3.05) is 31.4 Å². The maximum atomic E-state index is 5.35. The van der Waals surface area contributed by atoms with Crippen LogP contribution in [0.15, 0.2) is 30.5 Å². The molecule has 0 spiro atoms. The molecule has 1 aromatic heterocycles. The van der Waals surface area contributed by atoms with Gasteiger partial charge in [0.2, 0.25) is 5.95 Å². The number of rotatable bonds is 8. The van der Waals surface area contributed by atoms with Gasteiger partial charge >= 0.3 is 0 Å². The van der Waals surface area contributed by atoms with Crippen LogP contribution < -0.4 is 20.1 Å². The van der Waals surface area contributed by atoms with Crippen molar-refractivity contribution in [1.29, 1.82) is 0 Å². The maximum Gasteiger partial charge on any atom is 0.224 e. The molecule has 0 radical (unpaired) electrons. The quantitative estimate of drug-likeness (QED) is 0.765. The van der Waals surface area contributed by atoms with E-state index in [-0.39, 0.29) is 0 Å². The van der Waals surface area contributed by atoms with Crippen LogP contribution in [0.25, 0.3) is 0 Å². The van der Waals surface area contributed by atoms with Gasteiger partial charge in [-0.2, -0.15) is 4.98 Å². The fourth-order valence-electron chi connectivity index (χ4n) is 3.15. The van der Waals surface area contributed by atoms with Crippen molar-refractivity contribution in [2.24, 2.45) is 0 Å². The summed E-state index contributed by atoms with van der Waals surface area (Å²) in [4.78, 5) is 8.87. The van der Waals surface area contributed by atoms with Gasteiger partial charge in [0, 0.05) is 18.8 Å². The minimum absolute atomic E-state index is 0.516. The van der Waals surface area contributed by atoms with Crippen molar-refractivity contribution in [3.05, 3.63) is 36.0 Å². The van der Waals surface area contributed by atoms with Crippen LogP contribution in [0.5, 0.6) is 11.5 Å². The Balaban J connectivity index is 1.53. The zero-order valence-electron chi connectivity index (χ0n) is 14.9. The fraction of sp³-hybridized carbons (Fsp3) is 0.474. The third-order valence-corrected chi connectivity index (χ3v) is 4.51. The molecule has 6 nitrogen and oxygen atoms in total. The third kappa shape index (κ3) is 4.75. The molecule has 1 fully saturated rings. The summed E-state index contributed by atoms with van der Waals surface area (Å²) in [6.45, 7) is 0.787. The molecular weight excluding hydrogens is 316 g/mol. The van der Waals surface area contributed by atoms with Crippen molar-refractivity contribution in [3.8, 4) is 11.5 Å². The second-order valence-electron chi connectivity index (χ2n) is 6.26. The highest BCUT2D eigenvalue weighted by Gasteiger charge is 2.15. The van der Waals surface area contributed by atoms with Gasteiger partial charge in [0.1, 0.15) is 5.82 Å². The van der Waals surface area contributed by atoms with E-state index in [2.05, 4.69) is 26.7 Å². The molecule has 2 N–H and O–H groups in total. The van der Waals surface area contributed by atoms with Gasteiger partial charge in [0.05, 0.1) is 14.2 Å². The first-order valence-electron chi connectivity index (χ1n) is 8.83. The molecule has 0 saturated heterocycles. The lowest BCUT2D eigenvalue weighted by atomic mass is 10.1. The number of benzene rings is 1. The number of hydrogen-bond donors (Lipinski definition) is 2. The Hall–Kier alpha value is -2.50. The molecule has 3 rings (SSSR count). The highest BCUT2D eigenvalue weighted by Crippen LogP contribution is 2.27. The lowest BCUT2D eigenvalue weighted by Crippen LogP contribution is -2.17. The first kappa shape index (κ1) is 17.3. The average Bonchev–Trinajstić information content (AvgIpc) is 3.15. The zero-order valence-corrected chi connectivity index (χ0v) is 14.9. The predicted octanol–water partition coefficient (Wildman–Crippen LogP) is 3.50. The maximum absolute atomic E-state index is 5.35. The molecule has 6 heteroatoms. The largest absolute Gasteiger partial charge is 0.493 e. The summed E-state index contributed by atoms with van der Waals surface area (Å²) in [6, 6.07) is 8.41. The number of anilines is 2. The first-order chi connectivity index (χ1) is 12.3. The van der Waals surface area contributed by atoms with Crippen molar-refractivity contribution in [1.82, 2.24) is 9.97 Å². The van der Waals surface area contributed by atoms with E-state index in [1.54, 1.807) is 20.4 Å². The van der Waals surface area contributed by atoms with Gasteiger partial charge in [0.15, 0.2) is 11.5 Å². The molecular formula is C19H26N4O2. The van der Waals surface area contributed by atoms with E-state index in [0.717, 1.165) is 30.3 Å². The number of methoxy groups -OCH3 is 2. The first-order valence-corrected chi connectivity index (χ1v) is 8.83.